The molecule has 96 valence electrons. The molecular weight excluding hydrogens is 224 g/mol. The number of hydrogen-bond acceptors (Lipinski definition) is 3. The molecule has 1 rings (SSSR count). The van der Waals surface area contributed by atoms with Crippen LogP contribution in [0.5, 0.6) is 0 Å². The van der Waals surface area contributed by atoms with E-state index in [0.717, 1.165) is 17.7 Å². The van der Waals surface area contributed by atoms with Crippen LogP contribution in [-0.2, 0) is 9.59 Å². The monoisotopic (exact) mass is 242 g/mol. The third-order valence-electron chi connectivity index (χ3n) is 3.37. The molecule has 6 nitrogen and oxygen atoms in total. The highest BCUT2D eigenvalue weighted by molar-refractivity contribution is 6.02. The number of amides is 3. The molecule has 0 aromatic rings. The van der Waals surface area contributed by atoms with Crippen molar-refractivity contribution >= 4 is 17.9 Å². The number of likely N-dealkylation sites (tertiary alicyclic amines) is 1. The smallest absolute Gasteiger partial charge is 0.324 e. The van der Waals surface area contributed by atoms with Crippen molar-refractivity contribution in [1.82, 2.24) is 10.2 Å². The maximum atomic E-state index is 11.8. The van der Waals surface area contributed by atoms with E-state index in [1.165, 1.54) is 0 Å². The van der Waals surface area contributed by atoms with E-state index in [2.05, 4.69) is 5.32 Å². The predicted octanol–water partition coefficient (Wildman–Crippen LogP) is 0.819. The van der Waals surface area contributed by atoms with Crippen LogP contribution >= 0.6 is 0 Å². The van der Waals surface area contributed by atoms with Crippen molar-refractivity contribution in [3.63, 3.8) is 0 Å². The molecule has 1 heterocycles. The fourth-order valence-electron chi connectivity index (χ4n) is 1.95. The van der Waals surface area contributed by atoms with Gasteiger partial charge in [-0.3, -0.25) is 14.5 Å². The van der Waals surface area contributed by atoms with E-state index in [1.54, 1.807) is 0 Å². The van der Waals surface area contributed by atoms with Crippen LogP contribution in [0.1, 0.15) is 33.1 Å². The number of hydrogen-bond donors (Lipinski definition) is 2. The number of nitrogens with zero attached hydrogens (tertiary/aromatic N) is 1. The van der Waals surface area contributed by atoms with Crippen LogP contribution in [-0.4, -0.2) is 41.0 Å². The van der Waals surface area contributed by atoms with E-state index in [-0.39, 0.29) is 24.3 Å². The maximum Gasteiger partial charge on any atom is 0.324 e. The standard InChI is InChI=1S/C11H18N2O4/c1-3-11(4-2)7-13(9(11)16)10(17)12-6-5-8(14)15/h3-7H2,1-2H3,(H,12,17)(H,14,15). The minimum Gasteiger partial charge on any atom is -0.481 e. The number of carboxylic acid groups (broad SMARTS) is 1. The molecule has 0 atom stereocenters. The van der Waals surface area contributed by atoms with Crippen LogP contribution in [0, 0.1) is 5.41 Å². The zero-order valence-electron chi connectivity index (χ0n) is 10.2. The molecular formula is C11H18N2O4. The molecule has 0 bridgehead atoms. The van der Waals surface area contributed by atoms with Crippen LogP contribution in [0.4, 0.5) is 4.79 Å². The number of aliphatic carboxylic acids is 1. The molecule has 0 aromatic heterocycles. The fourth-order valence-corrected chi connectivity index (χ4v) is 1.95. The third-order valence-corrected chi connectivity index (χ3v) is 3.37. The molecule has 3 amide bonds. The summed E-state index contributed by atoms with van der Waals surface area (Å²) in [7, 11) is 0. The first kappa shape index (κ1) is 13.5. The van der Waals surface area contributed by atoms with Crippen LogP contribution in [0.15, 0.2) is 0 Å². The van der Waals surface area contributed by atoms with Gasteiger partial charge in [-0.15, -0.1) is 0 Å². The molecule has 1 fully saturated rings. The number of β-lactam (4-membered cyclic amide) rings is 1. The Morgan fingerprint density at radius 1 is 1.41 bits per heavy atom. The number of carboxylic acids is 1. The van der Waals surface area contributed by atoms with Gasteiger partial charge in [-0.1, -0.05) is 13.8 Å². The Labute approximate surface area is 100.0 Å². The Morgan fingerprint density at radius 2 is 2.00 bits per heavy atom. The van der Waals surface area contributed by atoms with Gasteiger partial charge in [0.05, 0.1) is 11.8 Å². The molecule has 0 spiro atoms. The maximum absolute atomic E-state index is 11.8. The highest BCUT2D eigenvalue weighted by Gasteiger charge is 2.51. The lowest BCUT2D eigenvalue weighted by atomic mass is 9.74. The number of imide groups is 1. The first-order valence-electron chi connectivity index (χ1n) is 5.78. The average molecular weight is 242 g/mol. The molecule has 0 aromatic carbocycles. The van der Waals surface area contributed by atoms with Gasteiger partial charge < -0.3 is 10.4 Å². The minimum absolute atomic E-state index is 0.0448. The summed E-state index contributed by atoms with van der Waals surface area (Å²) < 4.78 is 0. The SMILES string of the molecule is CCC1(CC)CN(C(=O)NCCC(=O)O)C1=O. The van der Waals surface area contributed by atoms with Gasteiger partial charge in [0.1, 0.15) is 0 Å². The van der Waals surface area contributed by atoms with E-state index in [1.807, 2.05) is 13.8 Å². The molecule has 1 aliphatic rings. The predicted molar refractivity (Wildman–Crippen MR) is 60.4 cm³/mol. The van der Waals surface area contributed by atoms with Crippen LogP contribution < -0.4 is 5.32 Å². The van der Waals surface area contributed by atoms with E-state index < -0.39 is 12.0 Å². The lowest BCUT2D eigenvalue weighted by Gasteiger charge is -2.46. The molecule has 17 heavy (non-hydrogen) atoms. The quantitative estimate of drug-likeness (QED) is 0.699. The summed E-state index contributed by atoms with van der Waals surface area (Å²) in [6, 6.07) is -0.492. The topological polar surface area (TPSA) is 86.7 Å². The number of carbonyl (C=O) groups is 3. The van der Waals surface area contributed by atoms with E-state index >= 15 is 0 Å². The Hall–Kier alpha value is -1.59. The van der Waals surface area contributed by atoms with E-state index in [0.29, 0.717) is 6.54 Å². The third kappa shape index (κ3) is 2.57. The largest absolute Gasteiger partial charge is 0.481 e. The van der Waals surface area contributed by atoms with Gasteiger partial charge in [0.2, 0.25) is 5.91 Å². The minimum atomic E-state index is -0.975. The lowest BCUT2D eigenvalue weighted by molar-refractivity contribution is -0.155. The first-order valence-corrected chi connectivity index (χ1v) is 5.78. The Kier molecular flexibility index (Phi) is 4.09. The number of urea groups is 1. The molecule has 0 unspecified atom stereocenters. The van der Waals surface area contributed by atoms with Gasteiger partial charge in [0, 0.05) is 13.1 Å². The van der Waals surface area contributed by atoms with Gasteiger partial charge in [-0.05, 0) is 12.8 Å². The Bertz CT molecular complexity index is 336. The second-order valence-corrected chi connectivity index (χ2v) is 4.25. The van der Waals surface area contributed by atoms with Crippen molar-refractivity contribution in [2.24, 2.45) is 5.41 Å². The molecule has 0 radical (unpaired) electrons. The van der Waals surface area contributed by atoms with Crippen molar-refractivity contribution in [2.75, 3.05) is 13.1 Å². The van der Waals surface area contributed by atoms with Gasteiger partial charge in [0.25, 0.3) is 0 Å². The summed E-state index contributed by atoms with van der Waals surface area (Å²) in [4.78, 5) is 34.8. The summed E-state index contributed by atoms with van der Waals surface area (Å²) >= 11 is 0. The second-order valence-electron chi connectivity index (χ2n) is 4.25. The van der Waals surface area contributed by atoms with E-state index in [9.17, 15) is 14.4 Å². The van der Waals surface area contributed by atoms with Gasteiger partial charge >= 0.3 is 12.0 Å². The van der Waals surface area contributed by atoms with Crippen LogP contribution in [0.3, 0.4) is 0 Å². The Balaban J connectivity index is 2.42. The fraction of sp³-hybridized carbons (Fsp3) is 0.727. The zero-order valence-corrected chi connectivity index (χ0v) is 10.2. The van der Waals surface area contributed by atoms with Gasteiger partial charge in [-0.25, -0.2) is 4.79 Å². The summed E-state index contributed by atoms with van der Waals surface area (Å²) in [6.45, 7) is 4.34. The number of rotatable bonds is 5. The molecule has 6 heteroatoms. The summed E-state index contributed by atoms with van der Waals surface area (Å²) in [5.74, 6) is -1.13. The molecule has 0 saturated carbocycles. The molecule has 0 aliphatic carbocycles. The summed E-state index contributed by atoms with van der Waals surface area (Å²) in [5.41, 5.74) is -0.385. The zero-order chi connectivity index (χ0) is 13.1. The van der Waals surface area contributed by atoms with Crippen molar-refractivity contribution in [3.8, 4) is 0 Å². The number of nitrogens with one attached hydrogen (secondary N) is 1. The van der Waals surface area contributed by atoms with Crippen molar-refractivity contribution in [3.05, 3.63) is 0 Å². The van der Waals surface area contributed by atoms with Crippen molar-refractivity contribution < 1.29 is 19.5 Å². The highest BCUT2D eigenvalue weighted by atomic mass is 16.4. The normalized spacial score (nSPS) is 17.5. The molecule has 2 N–H and O–H groups in total. The van der Waals surface area contributed by atoms with Crippen LogP contribution in [0.2, 0.25) is 0 Å². The van der Waals surface area contributed by atoms with Gasteiger partial charge in [-0.2, -0.15) is 0 Å². The number of carbonyl (C=O) groups excluding carboxylic acids is 2. The second kappa shape index (κ2) is 5.16. The summed E-state index contributed by atoms with van der Waals surface area (Å²) in [6.07, 6.45) is 1.31. The lowest BCUT2D eigenvalue weighted by Crippen LogP contribution is -2.64. The Morgan fingerprint density at radius 3 is 2.41 bits per heavy atom. The van der Waals surface area contributed by atoms with Gasteiger partial charge in [0.15, 0.2) is 0 Å². The first-order chi connectivity index (χ1) is 7.96. The highest BCUT2D eigenvalue weighted by Crippen LogP contribution is 2.38. The van der Waals surface area contributed by atoms with E-state index in [4.69, 9.17) is 5.11 Å². The van der Waals surface area contributed by atoms with Crippen molar-refractivity contribution in [1.29, 1.82) is 0 Å². The van der Waals surface area contributed by atoms with Crippen molar-refractivity contribution in [2.45, 2.75) is 33.1 Å². The average Bonchev–Trinajstić information content (AvgIpc) is 2.28. The molecule has 1 saturated heterocycles. The van der Waals surface area contributed by atoms with Crippen LogP contribution in [0.25, 0.3) is 0 Å². The molecule has 1 aliphatic heterocycles. The summed E-state index contributed by atoms with van der Waals surface area (Å²) in [5, 5.41) is 10.8.